The van der Waals surface area contributed by atoms with Crippen molar-refractivity contribution in [1.82, 2.24) is 14.9 Å². The van der Waals surface area contributed by atoms with Gasteiger partial charge >= 0.3 is 0 Å². The van der Waals surface area contributed by atoms with Crippen molar-refractivity contribution < 1.29 is 9.53 Å². The molecule has 0 aliphatic carbocycles. The number of carbonyl (C=O) groups is 1. The summed E-state index contributed by atoms with van der Waals surface area (Å²) in [5.74, 6) is 0.517. The number of benzene rings is 2. The van der Waals surface area contributed by atoms with Crippen LogP contribution < -0.4 is 15.6 Å². The number of hydrogen-bond donors (Lipinski definition) is 1. The van der Waals surface area contributed by atoms with Gasteiger partial charge in [-0.05, 0) is 35.2 Å². The quantitative estimate of drug-likeness (QED) is 0.669. The third-order valence-electron chi connectivity index (χ3n) is 4.47. The van der Waals surface area contributed by atoms with E-state index < -0.39 is 0 Å². The Morgan fingerprint density at radius 1 is 1.11 bits per heavy atom. The Hall–Kier alpha value is -3.15. The zero-order valence-electron chi connectivity index (χ0n) is 16.4. The molecule has 0 saturated heterocycles. The summed E-state index contributed by atoms with van der Waals surface area (Å²) in [5, 5.41) is 2.78. The molecule has 0 aliphatic rings. The summed E-state index contributed by atoms with van der Waals surface area (Å²) >= 11 is 0. The Balaban J connectivity index is 1.52. The van der Waals surface area contributed by atoms with Crippen LogP contribution in [0, 0.1) is 0 Å². The summed E-state index contributed by atoms with van der Waals surface area (Å²) < 4.78 is 7.10. The molecule has 0 saturated carbocycles. The van der Waals surface area contributed by atoms with Crippen molar-refractivity contribution in [3.63, 3.8) is 0 Å². The second kappa shape index (κ2) is 8.25. The van der Waals surface area contributed by atoms with Gasteiger partial charge in [-0.2, -0.15) is 0 Å². The van der Waals surface area contributed by atoms with Crippen LogP contribution in [-0.4, -0.2) is 28.6 Å². The maximum Gasteiger partial charge on any atom is 0.269 e. The van der Waals surface area contributed by atoms with Gasteiger partial charge in [0.25, 0.3) is 5.56 Å². The molecule has 2 aromatic carbocycles. The standard InChI is InChI=1S/C22H25N3O3/c1-22(2,3)16-8-10-17(11-9-16)28-13-12-23-20(26)15-25-19-7-5-4-6-18(19)24-14-21(25)27/h4-11,14H,12-13,15H2,1-3H3,(H,23,26). The van der Waals surface area contributed by atoms with E-state index in [1.807, 2.05) is 30.3 Å². The predicted molar refractivity (Wildman–Crippen MR) is 110 cm³/mol. The van der Waals surface area contributed by atoms with Gasteiger partial charge in [-0.15, -0.1) is 0 Å². The molecule has 6 nitrogen and oxygen atoms in total. The molecule has 1 N–H and O–H groups in total. The first-order chi connectivity index (χ1) is 13.3. The largest absolute Gasteiger partial charge is 0.492 e. The van der Waals surface area contributed by atoms with Crippen molar-refractivity contribution in [3.8, 4) is 5.75 Å². The lowest BCUT2D eigenvalue weighted by Gasteiger charge is -2.19. The van der Waals surface area contributed by atoms with Crippen molar-refractivity contribution in [2.24, 2.45) is 0 Å². The molecule has 1 heterocycles. The van der Waals surface area contributed by atoms with Gasteiger partial charge in [-0.3, -0.25) is 14.2 Å². The Labute approximate surface area is 164 Å². The molecule has 3 rings (SSSR count). The fourth-order valence-corrected chi connectivity index (χ4v) is 2.89. The van der Waals surface area contributed by atoms with Crippen LogP contribution >= 0.6 is 0 Å². The number of aromatic nitrogens is 2. The maximum atomic E-state index is 12.2. The van der Waals surface area contributed by atoms with Gasteiger partial charge in [-0.1, -0.05) is 45.0 Å². The first kappa shape index (κ1) is 19.6. The van der Waals surface area contributed by atoms with Crippen LogP contribution in [-0.2, 0) is 16.8 Å². The van der Waals surface area contributed by atoms with Gasteiger partial charge in [0.05, 0.1) is 23.8 Å². The first-order valence-corrected chi connectivity index (χ1v) is 9.29. The molecular weight excluding hydrogens is 354 g/mol. The van der Waals surface area contributed by atoms with E-state index in [2.05, 4.69) is 43.2 Å². The molecule has 0 spiro atoms. The third kappa shape index (κ3) is 4.76. The summed E-state index contributed by atoms with van der Waals surface area (Å²) in [6.45, 7) is 7.15. The molecule has 0 fully saturated rings. The van der Waals surface area contributed by atoms with Crippen molar-refractivity contribution in [3.05, 3.63) is 70.6 Å². The average molecular weight is 379 g/mol. The van der Waals surface area contributed by atoms with Crippen molar-refractivity contribution in [2.45, 2.75) is 32.7 Å². The Kier molecular flexibility index (Phi) is 5.78. The van der Waals surface area contributed by atoms with Gasteiger partial charge in [0, 0.05) is 0 Å². The van der Waals surface area contributed by atoms with Gasteiger partial charge in [0.1, 0.15) is 18.9 Å². The van der Waals surface area contributed by atoms with Gasteiger partial charge in [0.15, 0.2) is 0 Å². The molecule has 0 unspecified atom stereocenters. The molecule has 3 aromatic rings. The van der Waals surface area contributed by atoms with Crippen LogP contribution in [0.2, 0.25) is 0 Å². The zero-order chi connectivity index (χ0) is 20.1. The van der Waals surface area contributed by atoms with Crippen LogP contribution in [0.5, 0.6) is 5.75 Å². The molecule has 0 bridgehead atoms. The van der Waals surface area contributed by atoms with Gasteiger partial charge in [0.2, 0.25) is 5.91 Å². The lowest BCUT2D eigenvalue weighted by molar-refractivity contribution is -0.121. The number of nitrogens with zero attached hydrogens (tertiary/aromatic N) is 2. The number of fused-ring (bicyclic) bond motifs is 1. The summed E-state index contributed by atoms with van der Waals surface area (Å²) in [6, 6.07) is 15.2. The number of para-hydroxylation sites is 2. The predicted octanol–water partition coefficient (Wildman–Crippen LogP) is 2.89. The third-order valence-corrected chi connectivity index (χ3v) is 4.47. The topological polar surface area (TPSA) is 73.2 Å². The summed E-state index contributed by atoms with van der Waals surface area (Å²) in [7, 11) is 0. The van der Waals surface area contributed by atoms with Crippen molar-refractivity contribution in [2.75, 3.05) is 13.2 Å². The molecular formula is C22H25N3O3. The first-order valence-electron chi connectivity index (χ1n) is 9.29. The Bertz CT molecular complexity index is 1020. The van der Waals surface area contributed by atoms with E-state index in [9.17, 15) is 9.59 Å². The fraction of sp³-hybridized carbons (Fsp3) is 0.318. The number of nitrogens with one attached hydrogen (secondary N) is 1. The normalized spacial score (nSPS) is 11.4. The Morgan fingerprint density at radius 2 is 1.82 bits per heavy atom. The van der Waals surface area contributed by atoms with E-state index in [1.165, 1.54) is 16.3 Å². The average Bonchev–Trinajstić information content (AvgIpc) is 2.67. The zero-order valence-corrected chi connectivity index (χ0v) is 16.4. The highest BCUT2D eigenvalue weighted by molar-refractivity contribution is 5.79. The minimum atomic E-state index is -0.302. The fourth-order valence-electron chi connectivity index (χ4n) is 2.89. The lowest BCUT2D eigenvalue weighted by atomic mass is 9.87. The lowest BCUT2D eigenvalue weighted by Crippen LogP contribution is -2.34. The highest BCUT2D eigenvalue weighted by atomic mass is 16.5. The molecule has 6 heteroatoms. The van der Waals surface area contributed by atoms with E-state index in [0.29, 0.717) is 24.2 Å². The van der Waals surface area contributed by atoms with Crippen LogP contribution in [0.15, 0.2) is 59.5 Å². The molecule has 0 radical (unpaired) electrons. The highest BCUT2D eigenvalue weighted by Gasteiger charge is 2.13. The second-order valence-corrected chi connectivity index (χ2v) is 7.64. The molecule has 28 heavy (non-hydrogen) atoms. The molecule has 0 aliphatic heterocycles. The van der Waals surface area contributed by atoms with Crippen LogP contribution in [0.1, 0.15) is 26.3 Å². The van der Waals surface area contributed by atoms with Crippen molar-refractivity contribution >= 4 is 16.9 Å². The molecule has 146 valence electrons. The SMILES string of the molecule is CC(C)(C)c1ccc(OCCNC(=O)Cn2c(=O)cnc3ccccc32)cc1. The van der Waals surface area contributed by atoms with E-state index in [-0.39, 0.29) is 23.4 Å². The maximum absolute atomic E-state index is 12.2. The van der Waals surface area contributed by atoms with Crippen molar-refractivity contribution in [1.29, 1.82) is 0 Å². The highest BCUT2D eigenvalue weighted by Crippen LogP contribution is 2.24. The number of hydrogen-bond acceptors (Lipinski definition) is 4. The smallest absolute Gasteiger partial charge is 0.269 e. The summed E-state index contributed by atoms with van der Waals surface area (Å²) in [4.78, 5) is 28.4. The molecule has 1 aromatic heterocycles. The van der Waals surface area contributed by atoms with Crippen LogP contribution in [0.3, 0.4) is 0 Å². The van der Waals surface area contributed by atoms with E-state index in [1.54, 1.807) is 6.07 Å². The number of carbonyl (C=O) groups excluding carboxylic acids is 1. The monoisotopic (exact) mass is 379 g/mol. The number of amides is 1. The van der Waals surface area contributed by atoms with Crippen LogP contribution in [0.4, 0.5) is 0 Å². The minimum absolute atomic E-state index is 0.0534. The summed E-state index contributed by atoms with van der Waals surface area (Å²) in [6.07, 6.45) is 1.24. The minimum Gasteiger partial charge on any atom is -0.492 e. The second-order valence-electron chi connectivity index (χ2n) is 7.64. The molecule has 1 amide bonds. The van der Waals surface area contributed by atoms with Crippen LogP contribution in [0.25, 0.3) is 11.0 Å². The van der Waals surface area contributed by atoms with Gasteiger partial charge in [-0.25, -0.2) is 4.98 Å². The van der Waals surface area contributed by atoms with E-state index in [4.69, 9.17) is 4.74 Å². The van der Waals surface area contributed by atoms with E-state index in [0.717, 1.165) is 5.75 Å². The van der Waals surface area contributed by atoms with Gasteiger partial charge < -0.3 is 10.1 Å². The number of rotatable bonds is 6. The molecule has 0 atom stereocenters. The summed E-state index contributed by atoms with van der Waals surface area (Å²) in [5.41, 5.74) is 2.35. The number of ether oxygens (including phenoxy) is 1. The Morgan fingerprint density at radius 3 is 2.54 bits per heavy atom. The van der Waals surface area contributed by atoms with E-state index >= 15 is 0 Å².